The van der Waals surface area contributed by atoms with E-state index in [9.17, 15) is 9.18 Å². The topological polar surface area (TPSA) is 85.5 Å². The second kappa shape index (κ2) is 6.27. The molecule has 3 aromatic rings. The highest BCUT2D eigenvalue weighted by Gasteiger charge is 2.10. The predicted molar refractivity (Wildman–Crippen MR) is 77.4 cm³/mol. The number of benzene rings is 2. The van der Waals surface area contributed by atoms with E-state index in [1.165, 1.54) is 24.3 Å². The van der Waals surface area contributed by atoms with Crippen LogP contribution in [-0.2, 0) is 6.61 Å². The van der Waals surface area contributed by atoms with Crippen molar-refractivity contribution in [2.45, 2.75) is 6.61 Å². The Hall–Kier alpha value is -3.22. The fourth-order valence-corrected chi connectivity index (χ4v) is 1.89. The Morgan fingerprint density at radius 2 is 2.00 bits per heavy atom. The second-order valence-electron chi connectivity index (χ2n) is 4.64. The van der Waals surface area contributed by atoms with Crippen molar-refractivity contribution in [3.8, 4) is 17.1 Å². The molecule has 116 valence electrons. The van der Waals surface area contributed by atoms with Gasteiger partial charge < -0.3 is 14.4 Å². The lowest BCUT2D eigenvalue weighted by Gasteiger charge is -2.03. The zero-order valence-corrected chi connectivity index (χ0v) is 11.8. The average Bonchev–Trinajstić information content (AvgIpc) is 3.03. The first-order valence-corrected chi connectivity index (χ1v) is 6.66. The van der Waals surface area contributed by atoms with Crippen molar-refractivity contribution in [1.82, 2.24) is 10.1 Å². The van der Waals surface area contributed by atoms with Crippen molar-refractivity contribution in [3.05, 3.63) is 65.8 Å². The summed E-state index contributed by atoms with van der Waals surface area (Å²) in [4.78, 5) is 15.0. The highest BCUT2D eigenvalue weighted by Crippen LogP contribution is 2.18. The van der Waals surface area contributed by atoms with Gasteiger partial charge in [0, 0.05) is 5.56 Å². The van der Waals surface area contributed by atoms with E-state index < -0.39 is 5.97 Å². The summed E-state index contributed by atoms with van der Waals surface area (Å²) < 4.78 is 23.4. The van der Waals surface area contributed by atoms with Crippen LogP contribution >= 0.6 is 0 Å². The summed E-state index contributed by atoms with van der Waals surface area (Å²) in [5, 5.41) is 12.7. The van der Waals surface area contributed by atoms with Crippen molar-refractivity contribution in [2.24, 2.45) is 0 Å². The smallest absolute Gasteiger partial charge is 0.335 e. The minimum absolute atomic E-state index is 0.00271. The maximum absolute atomic E-state index is 12.9. The van der Waals surface area contributed by atoms with E-state index >= 15 is 0 Å². The van der Waals surface area contributed by atoms with Crippen LogP contribution in [0.25, 0.3) is 11.4 Å². The van der Waals surface area contributed by atoms with Crippen molar-refractivity contribution in [3.63, 3.8) is 0 Å². The second-order valence-corrected chi connectivity index (χ2v) is 4.64. The molecule has 0 bridgehead atoms. The number of carboxylic acid groups (broad SMARTS) is 1. The molecular weight excluding hydrogens is 303 g/mol. The molecule has 0 amide bonds. The molecule has 0 saturated heterocycles. The molecule has 6 nitrogen and oxygen atoms in total. The van der Waals surface area contributed by atoms with Gasteiger partial charge in [-0.05, 0) is 42.5 Å². The molecule has 1 heterocycles. The van der Waals surface area contributed by atoms with Crippen LogP contribution < -0.4 is 4.74 Å². The van der Waals surface area contributed by atoms with E-state index in [2.05, 4.69) is 10.1 Å². The number of carbonyl (C=O) groups is 1. The molecule has 0 aliphatic carbocycles. The number of rotatable bonds is 5. The third-order valence-corrected chi connectivity index (χ3v) is 3.01. The number of aromatic nitrogens is 2. The Bertz CT molecular complexity index is 830. The van der Waals surface area contributed by atoms with Crippen LogP contribution in [0.1, 0.15) is 16.2 Å². The fourth-order valence-electron chi connectivity index (χ4n) is 1.89. The van der Waals surface area contributed by atoms with E-state index in [0.29, 0.717) is 17.1 Å². The van der Waals surface area contributed by atoms with Crippen LogP contribution in [-0.4, -0.2) is 21.2 Å². The van der Waals surface area contributed by atoms with E-state index in [4.69, 9.17) is 14.4 Å². The Labute approximate surface area is 130 Å². The van der Waals surface area contributed by atoms with Crippen LogP contribution in [0.3, 0.4) is 0 Å². The first-order valence-electron chi connectivity index (χ1n) is 6.66. The van der Waals surface area contributed by atoms with Crippen molar-refractivity contribution in [1.29, 1.82) is 0 Å². The first-order chi connectivity index (χ1) is 11.1. The van der Waals surface area contributed by atoms with Crippen molar-refractivity contribution in [2.75, 3.05) is 0 Å². The highest BCUT2D eigenvalue weighted by atomic mass is 19.1. The molecule has 1 N–H and O–H groups in total. The Balaban J connectivity index is 1.69. The molecule has 2 aromatic carbocycles. The molecule has 0 radical (unpaired) electrons. The number of aromatic carboxylic acids is 1. The van der Waals surface area contributed by atoms with Crippen LogP contribution in [0, 0.1) is 5.82 Å². The SMILES string of the molecule is O=C(O)c1cccc(OCc2nc(-c3ccc(F)cc3)no2)c1. The number of hydrogen-bond acceptors (Lipinski definition) is 5. The largest absolute Gasteiger partial charge is 0.484 e. The highest BCUT2D eigenvalue weighted by molar-refractivity contribution is 5.87. The molecule has 0 aliphatic heterocycles. The summed E-state index contributed by atoms with van der Waals surface area (Å²) in [6.45, 7) is -0.00271. The van der Waals surface area contributed by atoms with Gasteiger partial charge in [0.2, 0.25) is 5.82 Å². The van der Waals surface area contributed by atoms with E-state index in [0.717, 1.165) is 0 Å². The zero-order chi connectivity index (χ0) is 16.2. The maximum Gasteiger partial charge on any atom is 0.335 e. The lowest BCUT2D eigenvalue weighted by atomic mass is 10.2. The van der Waals surface area contributed by atoms with Gasteiger partial charge in [-0.1, -0.05) is 11.2 Å². The zero-order valence-electron chi connectivity index (χ0n) is 11.8. The third-order valence-electron chi connectivity index (χ3n) is 3.01. The lowest BCUT2D eigenvalue weighted by Crippen LogP contribution is -1.99. The molecule has 0 saturated carbocycles. The summed E-state index contributed by atoms with van der Waals surface area (Å²) in [6, 6.07) is 11.8. The van der Waals surface area contributed by atoms with Crippen LogP contribution in [0.15, 0.2) is 53.1 Å². The van der Waals surface area contributed by atoms with Gasteiger partial charge in [-0.2, -0.15) is 4.98 Å². The van der Waals surface area contributed by atoms with Crippen LogP contribution in [0.2, 0.25) is 0 Å². The predicted octanol–water partition coefficient (Wildman–Crippen LogP) is 3.15. The van der Waals surface area contributed by atoms with Gasteiger partial charge in [-0.25, -0.2) is 9.18 Å². The number of nitrogens with zero attached hydrogens (tertiary/aromatic N) is 2. The monoisotopic (exact) mass is 314 g/mol. The molecule has 0 spiro atoms. The minimum atomic E-state index is -1.04. The lowest BCUT2D eigenvalue weighted by molar-refractivity contribution is 0.0696. The molecule has 7 heteroatoms. The Morgan fingerprint density at radius 1 is 1.22 bits per heavy atom. The van der Waals surface area contributed by atoms with Crippen molar-refractivity contribution >= 4 is 5.97 Å². The molecular formula is C16H11FN2O4. The quantitative estimate of drug-likeness (QED) is 0.778. The molecule has 23 heavy (non-hydrogen) atoms. The number of carboxylic acids is 1. The Kier molecular flexibility index (Phi) is 4.01. The first kappa shape index (κ1) is 14.7. The van der Waals surface area contributed by atoms with Gasteiger partial charge in [-0.3, -0.25) is 0 Å². The summed E-state index contributed by atoms with van der Waals surface area (Å²) in [5.74, 6) is -0.453. The normalized spacial score (nSPS) is 10.5. The van der Waals surface area contributed by atoms with Gasteiger partial charge in [0.25, 0.3) is 5.89 Å². The van der Waals surface area contributed by atoms with Crippen LogP contribution in [0.5, 0.6) is 5.75 Å². The summed E-state index contributed by atoms with van der Waals surface area (Å²) in [6.07, 6.45) is 0. The minimum Gasteiger partial charge on any atom is -0.484 e. The number of ether oxygens (including phenoxy) is 1. The molecule has 1 aromatic heterocycles. The summed E-state index contributed by atoms with van der Waals surface area (Å²) in [5.41, 5.74) is 0.745. The Morgan fingerprint density at radius 3 is 2.74 bits per heavy atom. The van der Waals surface area contributed by atoms with E-state index in [1.54, 1.807) is 24.3 Å². The molecule has 0 atom stereocenters. The van der Waals surface area contributed by atoms with Gasteiger partial charge >= 0.3 is 5.97 Å². The molecule has 0 aliphatic rings. The number of halogens is 1. The fraction of sp³-hybridized carbons (Fsp3) is 0.0625. The van der Waals surface area contributed by atoms with Crippen molar-refractivity contribution < 1.29 is 23.6 Å². The molecule has 0 unspecified atom stereocenters. The van der Waals surface area contributed by atoms with Gasteiger partial charge in [-0.15, -0.1) is 0 Å². The average molecular weight is 314 g/mol. The molecule has 3 rings (SSSR count). The summed E-state index contributed by atoms with van der Waals surface area (Å²) in [7, 11) is 0. The molecule has 0 fully saturated rings. The maximum atomic E-state index is 12.9. The van der Waals surface area contributed by atoms with Crippen LogP contribution in [0.4, 0.5) is 4.39 Å². The van der Waals surface area contributed by atoms with Gasteiger partial charge in [0.1, 0.15) is 11.6 Å². The third kappa shape index (κ3) is 3.52. The standard InChI is InChI=1S/C16H11FN2O4/c17-12-6-4-10(5-7-12)15-18-14(23-19-15)9-22-13-3-1-2-11(8-13)16(20)21/h1-8H,9H2,(H,20,21). The van der Waals surface area contributed by atoms with Gasteiger partial charge in [0.05, 0.1) is 5.56 Å². The summed E-state index contributed by atoms with van der Waals surface area (Å²) >= 11 is 0. The number of hydrogen-bond donors (Lipinski definition) is 1. The van der Waals surface area contributed by atoms with E-state index in [1.807, 2.05) is 0 Å². The van der Waals surface area contributed by atoms with Gasteiger partial charge in [0.15, 0.2) is 6.61 Å². The van der Waals surface area contributed by atoms with E-state index in [-0.39, 0.29) is 23.9 Å².